The lowest BCUT2D eigenvalue weighted by Gasteiger charge is -2.02. The monoisotopic (exact) mass is 266 g/mol. The first-order valence-electron chi connectivity index (χ1n) is 5.24. The highest BCUT2D eigenvalue weighted by molar-refractivity contribution is 5.75. The first-order valence-corrected chi connectivity index (χ1v) is 5.24. The summed E-state index contributed by atoms with van der Waals surface area (Å²) in [5.41, 5.74) is 1.85. The van der Waals surface area contributed by atoms with E-state index in [0.29, 0.717) is 5.65 Å². The first-order chi connectivity index (χ1) is 9.08. The van der Waals surface area contributed by atoms with Crippen molar-refractivity contribution in [3.05, 3.63) is 34.9 Å². The number of hydroxylamine groups is 1. The molecule has 2 aromatic rings. The molecule has 100 valence electrons. The van der Waals surface area contributed by atoms with E-state index in [4.69, 9.17) is 5.11 Å². The predicted octanol–water partition coefficient (Wildman–Crippen LogP) is -1.37. The Morgan fingerprint density at radius 3 is 2.89 bits per heavy atom. The Balaban J connectivity index is 2.05. The fourth-order valence-corrected chi connectivity index (χ4v) is 1.42. The molecule has 0 fully saturated rings. The van der Waals surface area contributed by atoms with Crippen LogP contribution >= 0.6 is 0 Å². The summed E-state index contributed by atoms with van der Waals surface area (Å²) >= 11 is 0. The van der Waals surface area contributed by atoms with E-state index in [1.807, 2.05) is 5.48 Å². The molecule has 0 spiro atoms. The van der Waals surface area contributed by atoms with Gasteiger partial charge in [0, 0.05) is 6.20 Å². The fraction of sp³-hybridized carbons (Fsp3) is 0.200. The zero-order chi connectivity index (χ0) is 13.8. The molecular weight excluding hydrogens is 256 g/mol. The van der Waals surface area contributed by atoms with E-state index in [9.17, 15) is 14.4 Å². The molecule has 0 aliphatic rings. The van der Waals surface area contributed by atoms with Gasteiger partial charge >= 0.3 is 11.7 Å². The Hall–Kier alpha value is -2.68. The Morgan fingerprint density at radius 1 is 1.42 bits per heavy atom. The summed E-state index contributed by atoms with van der Waals surface area (Å²) in [6.07, 6.45) is 1.53. The number of aliphatic carboxylic acids is 1. The molecule has 1 amide bonds. The summed E-state index contributed by atoms with van der Waals surface area (Å²) in [4.78, 5) is 37.7. The Bertz CT molecular complexity index is 674. The van der Waals surface area contributed by atoms with Gasteiger partial charge in [0.2, 0.25) is 0 Å². The lowest BCUT2D eigenvalue weighted by Crippen LogP contribution is -2.33. The van der Waals surface area contributed by atoms with Crippen molar-refractivity contribution < 1.29 is 19.5 Å². The molecule has 9 nitrogen and oxygen atoms in total. The fourth-order valence-electron chi connectivity index (χ4n) is 1.42. The average Bonchev–Trinajstić information content (AvgIpc) is 2.66. The van der Waals surface area contributed by atoms with Crippen molar-refractivity contribution in [3.8, 4) is 0 Å². The van der Waals surface area contributed by atoms with Crippen molar-refractivity contribution in [2.45, 2.75) is 6.54 Å². The minimum Gasteiger partial charge on any atom is -0.479 e. The van der Waals surface area contributed by atoms with E-state index in [-0.39, 0.29) is 6.54 Å². The van der Waals surface area contributed by atoms with E-state index < -0.39 is 24.2 Å². The van der Waals surface area contributed by atoms with Crippen molar-refractivity contribution in [3.63, 3.8) is 0 Å². The standard InChI is InChI=1S/C10H10N4O5/c15-8(12-19-6-9(16)17)5-14-10(18)13-4-2-1-3-7(13)11-14/h1-4H,5-6H2,(H,12,15)(H,16,17). The van der Waals surface area contributed by atoms with Gasteiger partial charge in [0.15, 0.2) is 12.3 Å². The number of amides is 1. The van der Waals surface area contributed by atoms with Gasteiger partial charge in [0.05, 0.1) is 0 Å². The third kappa shape index (κ3) is 2.96. The van der Waals surface area contributed by atoms with E-state index in [1.54, 1.807) is 18.2 Å². The Kier molecular flexibility index (Phi) is 3.57. The van der Waals surface area contributed by atoms with Crippen molar-refractivity contribution >= 4 is 17.5 Å². The predicted molar refractivity (Wildman–Crippen MR) is 61.2 cm³/mol. The van der Waals surface area contributed by atoms with Crippen LogP contribution in [0.3, 0.4) is 0 Å². The number of nitrogens with zero attached hydrogens (tertiary/aromatic N) is 3. The van der Waals surface area contributed by atoms with Gasteiger partial charge in [-0.25, -0.2) is 19.8 Å². The first kappa shape index (κ1) is 12.8. The molecule has 0 aromatic carbocycles. The van der Waals surface area contributed by atoms with E-state index in [2.05, 4.69) is 9.94 Å². The van der Waals surface area contributed by atoms with Crippen LogP contribution in [0.5, 0.6) is 0 Å². The molecule has 0 bridgehead atoms. The molecule has 0 unspecified atom stereocenters. The molecule has 19 heavy (non-hydrogen) atoms. The maximum absolute atomic E-state index is 11.8. The highest BCUT2D eigenvalue weighted by atomic mass is 16.7. The van der Waals surface area contributed by atoms with E-state index in [1.165, 1.54) is 10.6 Å². The van der Waals surface area contributed by atoms with Gasteiger partial charge in [-0.15, -0.1) is 5.10 Å². The molecule has 0 aliphatic carbocycles. The number of hydrogen-bond donors (Lipinski definition) is 2. The molecule has 2 N–H and O–H groups in total. The van der Waals surface area contributed by atoms with Gasteiger partial charge in [-0.3, -0.25) is 14.0 Å². The van der Waals surface area contributed by atoms with Crippen molar-refractivity contribution in [2.75, 3.05) is 6.61 Å². The van der Waals surface area contributed by atoms with Crippen LogP contribution in [0.25, 0.3) is 5.65 Å². The van der Waals surface area contributed by atoms with E-state index >= 15 is 0 Å². The van der Waals surface area contributed by atoms with Gasteiger partial charge in [-0.05, 0) is 12.1 Å². The lowest BCUT2D eigenvalue weighted by atomic mass is 10.5. The summed E-state index contributed by atoms with van der Waals surface area (Å²) in [6.45, 7) is -1.02. The smallest absolute Gasteiger partial charge is 0.350 e. The number of pyridine rings is 1. The number of carboxylic acids is 1. The van der Waals surface area contributed by atoms with Crippen LogP contribution in [0, 0.1) is 0 Å². The maximum atomic E-state index is 11.8. The summed E-state index contributed by atoms with van der Waals surface area (Å²) in [5.74, 6) is -1.89. The lowest BCUT2D eigenvalue weighted by molar-refractivity contribution is -0.149. The third-order valence-electron chi connectivity index (χ3n) is 2.16. The zero-order valence-electron chi connectivity index (χ0n) is 9.65. The molecule has 0 saturated heterocycles. The highest BCUT2D eigenvalue weighted by Crippen LogP contribution is 1.94. The van der Waals surface area contributed by atoms with Crippen molar-refractivity contribution in [1.82, 2.24) is 19.7 Å². The molecular formula is C10H10N4O5. The number of nitrogens with one attached hydrogen (secondary N) is 1. The average molecular weight is 266 g/mol. The number of hydrogen-bond acceptors (Lipinski definition) is 5. The second-order valence-electron chi connectivity index (χ2n) is 3.58. The second kappa shape index (κ2) is 5.31. The van der Waals surface area contributed by atoms with Crippen molar-refractivity contribution in [2.24, 2.45) is 0 Å². The van der Waals surface area contributed by atoms with Crippen LogP contribution in [0.4, 0.5) is 0 Å². The zero-order valence-corrected chi connectivity index (χ0v) is 9.65. The number of carbonyl (C=O) groups excluding carboxylic acids is 1. The molecule has 2 aromatic heterocycles. The Labute approximate surface area is 106 Å². The van der Waals surface area contributed by atoms with Crippen LogP contribution in [0.1, 0.15) is 0 Å². The van der Waals surface area contributed by atoms with Crippen LogP contribution in [-0.4, -0.2) is 37.8 Å². The number of carboxylic acid groups (broad SMARTS) is 1. The summed E-state index contributed by atoms with van der Waals surface area (Å²) in [6, 6.07) is 5.00. The third-order valence-corrected chi connectivity index (χ3v) is 2.16. The van der Waals surface area contributed by atoms with Crippen LogP contribution in [-0.2, 0) is 21.0 Å². The number of fused-ring (bicyclic) bond motifs is 1. The second-order valence-corrected chi connectivity index (χ2v) is 3.58. The summed E-state index contributed by atoms with van der Waals surface area (Å²) in [7, 11) is 0. The molecule has 0 radical (unpaired) electrons. The van der Waals surface area contributed by atoms with Crippen LogP contribution in [0.15, 0.2) is 29.2 Å². The molecule has 0 saturated carbocycles. The molecule has 0 atom stereocenters. The summed E-state index contributed by atoms with van der Waals surface area (Å²) in [5, 5.41) is 12.2. The van der Waals surface area contributed by atoms with Gasteiger partial charge in [-0.1, -0.05) is 6.07 Å². The number of aromatic nitrogens is 3. The molecule has 2 heterocycles. The van der Waals surface area contributed by atoms with Gasteiger partial charge in [0.1, 0.15) is 6.54 Å². The number of rotatable bonds is 5. The Morgan fingerprint density at radius 2 is 2.21 bits per heavy atom. The van der Waals surface area contributed by atoms with Gasteiger partial charge < -0.3 is 5.11 Å². The topological polar surface area (TPSA) is 115 Å². The molecule has 0 aliphatic heterocycles. The maximum Gasteiger partial charge on any atom is 0.350 e. The largest absolute Gasteiger partial charge is 0.479 e. The molecule has 9 heteroatoms. The summed E-state index contributed by atoms with van der Waals surface area (Å²) < 4.78 is 2.24. The SMILES string of the molecule is O=C(O)CONC(=O)Cn1nc2ccccn2c1=O. The number of carbonyl (C=O) groups is 2. The quantitative estimate of drug-likeness (QED) is 0.645. The van der Waals surface area contributed by atoms with Gasteiger partial charge in [0.25, 0.3) is 5.91 Å². The van der Waals surface area contributed by atoms with E-state index in [0.717, 1.165) is 4.68 Å². The van der Waals surface area contributed by atoms with Crippen LogP contribution < -0.4 is 11.2 Å². The molecule has 2 rings (SSSR count). The highest BCUT2D eigenvalue weighted by Gasteiger charge is 2.10. The van der Waals surface area contributed by atoms with Gasteiger partial charge in [-0.2, -0.15) is 0 Å². The van der Waals surface area contributed by atoms with Crippen molar-refractivity contribution in [1.29, 1.82) is 0 Å². The minimum atomic E-state index is -1.22. The minimum absolute atomic E-state index is 0.361. The normalized spacial score (nSPS) is 10.5. The van der Waals surface area contributed by atoms with Crippen LogP contribution in [0.2, 0.25) is 0 Å².